The topological polar surface area (TPSA) is 76.4 Å². The van der Waals surface area contributed by atoms with Gasteiger partial charge in [-0.3, -0.25) is 16.6 Å². The van der Waals surface area contributed by atoms with Crippen LogP contribution in [0.2, 0.25) is 0 Å². The highest BCUT2D eigenvalue weighted by atomic mass is 16.6. The summed E-state index contributed by atoms with van der Waals surface area (Å²) < 4.78 is 5.15. The molecule has 0 saturated carbocycles. The van der Waals surface area contributed by atoms with Crippen molar-refractivity contribution in [3.05, 3.63) is 29.8 Å². The molecule has 0 unspecified atom stereocenters. The summed E-state index contributed by atoms with van der Waals surface area (Å²) in [5, 5.41) is 2.67. The minimum Gasteiger partial charge on any atom is -0.444 e. The van der Waals surface area contributed by atoms with Gasteiger partial charge in [-0.2, -0.15) is 0 Å². The van der Waals surface area contributed by atoms with Gasteiger partial charge in [-0.05, 0) is 38.5 Å². The fourth-order valence-corrected chi connectivity index (χ4v) is 1.30. The molecule has 0 aliphatic rings. The van der Waals surface area contributed by atoms with Crippen molar-refractivity contribution >= 4 is 11.8 Å². The number of nitrogens with one attached hydrogen (secondary N) is 2. The van der Waals surface area contributed by atoms with Gasteiger partial charge in [-0.15, -0.1) is 0 Å². The van der Waals surface area contributed by atoms with E-state index >= 15 is 0 Å². The van der Waals surface area contributed by atoms with Gasteiger partial charge in [0, 0.05) is 12.2 Å². The van der Waals surface area contributed by atoms with Crippen LogP contribution in [0.15, 0.2) is 24.3 Å². The van der Waals surface area contributed by atoms with E-state index in [-0.39, 0.29) is 0 Å². The van der Waals surface area contributed by atoms with Crippen LogP contribution in [-0.2, 0) is 11.3 Å². The van der Waals surface area contributed by atoms with Crippen LogP contribution in [0.4, 0.5) is 10.5 Å². The maximum atomic E-state index is 11.5. The van der Waals surface area contributed by atoms with E-state index in [9.17, 15) is 4.79 Å². The van der Waals surface area contributed by atoms with Crippen molar-refractivity contribution in [3.63, 3.8) is 0 Å². The molecule has 0 spiro atoms. The third-order valence-corrected chi connectivity index (χ3v) is 1.88. The first-order chi connectivity index (χ1) is 7.90. The fraction of sp³-hybridized carbons (Fsp3) is 0.417. The minimum absolute atomic E-state index is 0.463. The molecule has 17 heavy (non-hydrogen) atoms. The van der Waals surface area contributed by atoms with Gasteiger partial charge in [0.25, 0.3) is 0 Å². The van der Waals surface area contributed by atoms with Crippen molar-refractivity contribution in [1.82, 2.24) is 5.43 Å². The Morgan fingerprint density at radius 1 is 1.41 bits per heavy atom. The molecule has 1 rings (SSSR count). The molecule has 0 saturated heterocycles. The zero-order valence-corrected chi connectivity index (χ0v) is 10.4. The smallest absolute Gasteiger partial charge is 0.412 e. The molecule has 0 heterocycles. The van der Waals surface area contributed by atoms with E-state index in [0.717, 1.165) is 5.56 Å². The van der Waals surface area contributed by atoms with Crippen molar-refractivity contribution in [2.75, 3.05) is 5.32 Å². The van der Waals surface area contributed by atoms with Crippen molar-refractivity contribution in [1.29, 1.82) is 0 Å². The number of hydrogen-bond donors (Lipinski definition) is 3. The van der Waals surface area contributed by atoms with Crippen LogP contribution in [0.3, 0.4) is 0 Å². The molecule has 0 bridgehead atoms. The summed E-state index contributed by atoms with van der Waals surface area (Å²) in [6.07, 6.45) is -0.463. The maximum absolute atomic E-state index is 11.5. The number of hydrogen-bond acceptors (Lipinski definition) is 4. The van der Waals surface area contributed by atoms with Gasteiger partial charge < -0.3 is 4.74 Å². The second-order valence-corrected chi connectivity index (χ2v) is 4.71. The van der Waals surface area contributed by atoms with E-state index in [1.54, 1.807) is 6.07 Å². The third kappa shape index (κ3) is 5.33. The predicted octanol–water partition coefficient (Wildman–Crippen LogP) is 2.00. The van der Waals surface area contributed by atoms with Crippen LogP contribution < -0.4 is 16.6 Å². The van der Waals surface area contributed by atoms with Gasteiger partial charge >= 0.3 is 6.09 Å². The SMILES string of the molecule is CC(C)(C)OC(=O)Nc1cccc(CNN)c1. The summed E-state index contributed by atoms with van der Waals surface area (Å²) in [5.74, 6) is 5.23. The first-order valence-electron chi connectivity index (χ1n) is 5.43. The summed E-state index contributed by atoms with van der Waals surface area (Å²) in [6.45, 7) is 6.01. The Kier molecular flexibility index (Phi) is 4.48. The molecule has 1 aromatic rings. The zero-order valence-electron chi connectivity index (χ0n) is 10.4. The van der Waals surface area contributed by atoms with Crippen molar-refractivity contribution in [2.24, 2.45) is 5.84 Å². The highest BCUT2D eigenvalue weighted by Gasteiger charge is 2.16. The number of amides is 1. The second kappa shape index (κ2) is 5.65. The largest absolute Gasteiger partial charge is 0.444 e. The van der Waals surface area contributed by atoms with Gasteiger partial charge in [0.1, 0.15) is 5.60 Å². The van der Waals surface area contributed by atoms with Crippen LogP contribution >= 0.6 is 0 Å². The lowest BCUT2D eigenvalue weighted by Crippen LogP contribution is -2.27. The summed E-state index contributed by atoms with van der Waals surface area (Å²) in [5.41, 5.74) is 3.73. The molecule has 5 heteroatoms. The van der Waals surface area contributed by atoms with E-state index in [2.05, 4.69) is 10.7 Å². The van der Waals surface area contributed by atoms with Gasteiger partial charge in [-0.1, -0.05) is 12.1 Å². The number of nitrogens with two attached hydrogens (primary N) is 1. The number of ether oxygens (including phenoxy) is 1. The third-order valence-electron chi connectivity index (χ3n) is 1.88. The monoisotopic (exact) mass is 237 g/mol. The Hall–Kier alpha value is -1.59. The molecule has 4 N–H and O–H groups in total. The van der Waals surface area contributed by atoms with Crippen LogP contribution in [0, 0.1) is 0 Å². The molecule has 0 atom stereocenters. The number of rotatable bonds is 3. The summed E-state index contributed by atoms with van der Waals surface area (Å²) in [7, 11) is 0. The Labute approximate surface area is 101 Å². The Bertz CT molecular complexity index is 386. The molecule has 0 fully saturated rings. The van der Waals surface area contributed by atoms with Crippen molar-refractivity contribution in [3.8, 4) is 0 Å². The zero-order chi connectivity index (χ0) is 12.9. The van der Waals surface area contributed by atoms with Gasteiger partial charge in [0.2, 0.25) is 0 Å². The maximum Gasteiger partial charge on any atom is 0.412 e. The molecule has 0 radical (unpaired) electrons. The average Bonchev–Trinajstić information content (AvgIpc) is 2.15. The highest BCUT2D eigenvalue weighted by Crippen LogP contribution is 2.13. The summed E-state index contributed by atoms with van der Waals surface area (Å²) in [4.78, 5) is 11.5. The molecule has 1 amide bonds. The van der Waals surface area contributed by atoms with Crippen molar-refractivity contribution < 1.29 is 9.53 Å². The molecule has 0 aliphatic heterocycles. The van der Waals surface area contributed by atoms with Crippen molar-refractivity contribution in [2.45, 2.75) is 32.9 Å². The standard InChI is InChI=1S/C12H19N3O2/c1-12(2,3)17-11(16)15-10-6-4-5-9(7-10)8-14-13/h4-7,14H,8,13H2,1-3H3,(H,15,16). The lowest BCUT2D eigenvalue weighted by molar-refractivity contribution is 0.0636. The van der Waals surface area contributed by atoms with E-state index < -0.39 is 11.7 Å². The molecular formula is C12H19N3O2. The van der Waals surface area contributed by atoms with E-state index in [0.29, 0.717) is 12.2 Å². The Morgan fingerprint density at radius 3 is 2.71 bits per heavy atom. The number of carbonyl (C=O) groups excluding carboxylic acids is 1. The predicted molar refractivity (Wildman–Crippen MR) is 67.3 cm³/mol. The van der Waals surface area contributed by atoms with E-state index in [4.69, 9.17) is 10.6 Å². The summed E-state index contributed by atoms with van der Waals surface area (Å²) >= 11 is 0. The number of benzene rings is 1. The van der Waals surface area contributed by atoms with Crippen LogP contribution in [0.1, 0.15) is 26.3 Å². The molecular weight excluding hydrogens is 218 g/mol. The Morgan fingerprint density at radius 2 is 2.12 bits per heavy atom. The fourth-order valence-electron chi connectivity index (χ4n) is 1.30. The van der Waals surface area contributed by atoms with Gasteiger partial charge in [-0.25, -0.2) is 4.79 Å². The van der Waals surface area contributed by atoms with E-state index in [1.807, 2.05) is 39.0 Å². The normalized spacial score (nSPS) is 11.1. The molecule has 1 aromatic carbocycles. The summed E-state index contributed by atoms with van der Waals surface area (Å²) in [6, 6.07) is 7.40. The van der Waals surface area contributed by atoms with Crippen LogP contribution in [0.25, 0.3) is 0 Å². The number of carbonyl (C=O) groups is 1. The highest BCUT2D eigenvalue weighted by molar-refractivity contribution is 5.84. The van der Waals surface area contributed by atoms with Gasteiger partial charge in [0.05, 0.1) is 0 Å². The molecule has 0 aromatic heterocycles. The first kappa shape index (κ1) is 13.5. The molecule has 5 nitrogen and oxygen atoms in total. The quantitative estimate of drug-likeness (QED) is 0.555. The number of hydrazine groups is 1. The first-order valence-corrected chi connectivity index (χ1v) is 5.43. The lowest BCUT2D eigenvalue weighted by atomic mass is 10.2. The second-order valence-electron chi connectivity index (χ2n) is 4.71. The molecule has 94 valence electrons. The number of anilines is 1. The van der Waals surface area contributed by atoms with Crippen LogP contribution in [-0.4, -0.2) is 11.7 Å². The minimum atomic E-state index is -0.499. The average molecular weight is 237 g/mol. The Balaban J connectivity index is 2.62. The van der Waals surface area contributed by atoms with E-state index in [1.165, 1.54) is 0 Å². The molecule has 0 aliphatic carbocycles. The lowest BCUT2D eigenvalue weighted by Gasteiger charge is -2.19. The van der Waals surface area contributed by atoms with Gasteiger partial charge in [0.15, 0.2) is 0 Å². The van der Waals surface area contributed by atoms with Crippen LogP contribution in [0.5, 0.6) is 0 Å².